The maximum atomic E-state index is 11.5. The predicted molar refractivity (Wildman–Crippen MR) is 56.0 cm³/mol. The molecule has 0 aliphatic rings. The minimum Gasteiger partial charge on any atom is -0.467 e. The van der Waals surface area contributed by atoms with Crippen molar-refractivity contribution in [3.63, 3.8) is 0 Å². The van der Waals surface area contributed by atoms with Crippen LogP contribution < -0.4 is 5.32 Å². The molecule has 1 N–H and O–H groups in total. The van der Waals surface area contributed by atoms with Crippen molar-refractivity contribution in [3.05, 3.63) is 23.2 Å². The maximum Gasteiger partial charge on any atom is 0.328 e. The highest BCUT2D eigenvalue weighted by Gasteiger charge is 2.17. The van der Waals surface area contributed by atoms with Crippen LogP contribution in [-0.2, 0) is 9.53 Å². The first-order chi connectivity index (χ1) is 7.54. The van der Waals surface area contributed by atoms with Gasteiger partial charge in [-0.2, -0.15) is 0 Å². The molecule has 0 aliphatic heterocycles. The quantitative estimate of drug-likeness (QED) is 0.779. The second-order valence-corrected chi connectivity index (χ2v) is 3.33. The van der Waals surface area contributed by atoms with Crippen LogP contribution in [0.1, 0.15) is 17.4 Å². The number of hydrogen-bond donors (Lipinski definition) is 1. The van der Waals surface area contributed by atoms with Crippen LogP contribution >= 0.6 is 11.6 Å². The molecule has 0 fully saturated rings. The van der Waals surface area contributed by atoms with E-state index in [9.17, 15) is 9.59 Å². The second-order valence-electron chi connectivity index (χ2n) is 2.95. The molecule has 1 heterocycles. The highest BCUT2D eigenvalue weighted by molar-refractivity contribution is 6.29. The fourth-order valence-corrected chi connectivity index (χ4v) is 1.11. The monoisotopic (exact) mass is 243 g/mol. The summed E-state index contributed by atoms with van der Waals surface area (Å²) < 4.78 is 4.46. The van der Waals surface area contributed by atoms with E-state index in [1.54, 1.807) is 0 Å². The number of carbonyl (C=O) groups is 2. The largest absolute Gasteiger partial charge is 0.467 e. The molecule has 1 atom stereocenters. The summed E-state index contributed by atoms with van der Waals surface area (Å²) in [6, 6.07) is -0.752. The van der Waals surface area contributed by atoms with E-state index in [0.29, 0.717) is 0 Å². The first-order valence-corrected chi connectivity index (χ1v) is 4.78. The maximum absolute atomic E-state index is 11.5. The van der Waals surface area contributed by atoms with E-state index in [1.807, 2.05) is 0 Å². The summed E-state index contributed by atoms with van der Waals surface area (Å²) >= 11 is 5.57. The second kappa shape index (κ2) is 5.41. The van der Waals surface area contributed by atoms with Gasteiger partial charge in [0.15, 0.2) is 0 Å². The Bertz CT molecular complexity index is 411. The Kier molecular flexibility index (Phi) is 4.19. The third-order valence-electron chi connectivity index (χ3n) is 1.74. The Labute approximate surface area is 97.0 Å². The van der Waals surface area contributed by atoms with Crippen molar-refractivity contribution in [2.45, 2.75) is 13.0 Å². The lowest BCUT2D eigenvalue weighted by Gasteiger charge is -2.10. The molecule has 1 unspecified atom stereocenters. The molecule has 0 aromatic carbocycles. The Balaban J connectivity index is 2.69. The molecule has 0 aliphatic carbocycles. The molecule has 0 spiro atoms. The van der Waals surface area contributed by atoms with Gasteiger partial charge in [0.25, 0.3) is 5.91 Å². The fourth-order valence-electron chi connectivity index (χ4n) is 0.958. The summed E-state index contributed by atoms with van der Waals surface area (Å²) in [7, 11) is 1.24. The molecule has 16 heavy (non-hydrogen) atoms. The van der Waals surface area contributed by atoms with Gasteiger partial charge in [-0.05, 0) is 6.92 Å². The zero-order chi connectivity index (χ0) is 12.1. The number of methoxy groups -OCH3 is 1. The lowest BCUT2D eigenvalue weighted by atomic mass is 10.3. The Hall–Kier alpha value is -1.69. The fraction of sp³-hybridized carbons (Fsp3) is 0.333. The highest BCUT2D eigenvalue weighted by Crippen LogP contribution is 2.02. The molecule has 0 radical (unpaired) electrons. The number of ether oxygens (including phenoxy) is 1. The topological polar surface area (TPSA) is 81.2 Å². The number of rotatable bonds is 3. The van der Waals surface area contributed by atoms with E-state index in [1.165, 1.54) is 26.4 Å². The van der Waals surface area contributed by atoms with Crippen LogP contribution in [0.25, 0.3) is 0 Å². The summed E-state index contributed by atoms with van der Waals surface area (Å²) in [5.74, 6) is -1.07. The summed E-state index contributed by atoms with van der Waals surface area (Å²) in [6.45, 7) is 1.50. The third kappa shape index (κ3) is 3.16. The molecule has 1 aromatic rings. The molecule has 1 rings (SSSR count). The number of hydrogen-bond acceptors (Lipinski definition) is 5. The summed E-state index contributed by atoms with van der Waals surface area (Å²) in [6.07, 6.45) is 2.56. The van der Waals surface area contributed by atoms with E-state index >= 15 is 0 Å². The molecule has 0 saturated carbocycles. The average molecular weight is 244 g/mol. The summed E-state index contributed by atoms with van der Waals surface area (Å²) in [5.41, 5.74) is 0.0447. The average Bonchev–Trinajstić information content (AvgIpc) is 2.27. The Morgan fingerprint density at radius 2 is 2.19 bits per heavy atom. The van der Waals surface area contributed by atoms with Gasteiger partial charge in [0.2, 0.25) is 0 Å². The normalized spacial score (nSPS) is 11.7. The van der Waals surface area contributed by atoms with Gasteiger partial charge in [0, 0.05) is 0 Å². The molecule has 7 heteroatoms. The van der Waals surface area contributed by atoms with E-state index in [2.05, 4.69) is 20.0 Å². The number of halogens is 1. The van der Waals surface area contributed by atoms with Crippen molar-refractivity contribution in [3.8, 4) is 0 Å². The van der Waals surface area contributed by atoms with Crippen molar-refractivity contribution >= 4 is 23.5 Å². The van der Waals surface area contributed by atoms with Crippen LogP contribution in [0.2, 0.25) is 5.15 Å². The van der Waals surface area contributed by atoms with Gasteiger partial charge < -0.3 is 10.1 Å². The highest BCUT2D eigenvalue weighted by atomic mass is 35.5. The molecule has 86 valence electrons. The SMILES string of the molecule is COC(=O)C(C)NC(=O)c1cncc(Cl)n1. The number of carbonyl (C=O) groups excluding carboxylic acids is 2. The lowest BCUT2D eigenvalue weighted by molar-refractivity contribution is -0.142. The Morgan fingerprint density at radius 3 is 2.75 bits per heavy atom. The number of aromatic nitrogens is 2. The number of amides is 1. The summed E-state index contributed by atoms with van der Waals surface area (Å²) in [5, 5.41) is 2.51. The van der Waals surface area contributed by atoms with Gasteiger partial charge >= 0.3 is 5.97 Å². The minimum atomic E-state index is -0.752. The molecule has 6 nitrogen and oxygen atoms in total. The van der Waals surface area contributed by atoms with Crippen LogP contribution in [0, 0.1) is 0 Å². The van der Waals surface area contributed by atoms with Crippen molar-refractivity contribution in [1.82, 2.24) is 15.3 Å². The van der Waals surface area contributed by atoms with Crippen LogP contribution in [0.4, 0.5) is 0 Å². The molecular formula is C9H10ClN3O3. The number of nitrogens with zero attached hydrogens (tertiary/aromatic N) is 2. The van der Waals surface area contributed by atoms with Crippen molar-refractivity contribution in [1.29, 1.82) is 0 Å². The molecule has 1 aromatic heterocycles. The van der Waals surface area contributed by atoms with E-state index in [-0.39, 0.29) is 10.8 Å². The van der Waals surface area contributed by atoms with E-state index < -0.39 is 17.9 Å². The van der Waals surface area contributed by atoms with Gasteiger partial charge in [0.05, 0.1) is 19.5 Å². The Morgan fingerprint density at radius 1 is 1.50 bits per heavy atom. The van der Waals surface area contributed by atoms with Crippen LogP contribution in [0.3, 0.4) is 0 Å². The molecule has 0 bridgehead atoms. The van der Waals surface area contributed by atoms with Crippen LogP contribution in [0.5, 0.6) is 0 Å². The summed E-state index contributed by atoms with van der Waals surface area (Å²) in [4.78, 5) is 30.1. The van der Waals surface area contributed by atoms with Crippen LogP contribution in [0.15, 0.2) is 12.4 Å². The zero-order valence-electron chi connectivity index (χ0n) is 8.73. The first kappa shape index (κ1) is 12.4. The number of nitrogens with one attached hydrogen (secondary N) is 1. The van der Waals surface area contributed by atoms with E-state index in [0.717, 1.165) is 0 Å². The lowest BCUT2D eigenvalue weighted by Crippen LogP contribution is -2.39. The van der Waals surface area contributed by atoms with Crippen molar-refractivity contribution < 1.29 is 14.3 Å². The molecular weight excluding hydrogens is 234 g/mol. The van der Waals surface area contributed by atoms with Gasteiger partial charge in [-0.3, -0.25) is 9.78 Å². The van der Waals surface area contributed by atoms with Gasteiger partial charge in [0.1, 0.15) is 16.9 Å². The third-order valence-corrected chi connectivity index (χ3v) is 1.92. The zero-order valence-corrected chi connectivity index (χ0v) is 9.49. The van der Waals surface area contributed by atoms with Gasteiger partial charge in [-0.1, -0.05) is 11.6 Å². The smallest absolute Gasteiger partial charge is 0.328 e. The standard InChI is InChI=1S/C9H10ClN3O3/c1-5(9(15)16-2)12-8(14)6-3-11-4-7(10)13-6/h3-5H,1-2H3,(H,12,14). The molecule has 0 saturated heterocycles. The van der Waals surface area contributed by atoms with E-state index in [4.69, 9.17) is 11.6 Å². The van der Waals surface area contributed by atoms with Gasteiger partial charge in [-0.25, -0.2) is 9.78 Å². The van der Waals surface area contributed by atoms with Gasteiger partial charge in [-0.15, -0.1) is 0 Å². The predicted octanol–water partition coefficient (Wildman–Crippen LogP) is 0.421. The minimum absolute atomic E-state index is 0.0447. The van der Waals surface area contributed by atoms with Crippen molar-refractivity contribution in [2.24, 2.45) is 0 Å². The first-order valence-electron chi connectivity index (χ1n) is 4.41. The number of esters is 1. The van der Waals surface area contributed by atoms with Crippen LogP contribution in [-0.4, -0.2) is 35.0 Å². The molecule has 1 amide bonds. The van der Waals surface area contributed by atoms with Crippen molar-refractivity contribution in [2.75, 3.05) is 7.11 Å².